The van der Waals surface area contributed by atoms with Crippen molar-refractivity contribution in [1.82, 2.24) is 0 Å². The van der Waals surface area contributed by atoms with E-state index in [0.717, 1.165) is 12.1 Å². The summed E-state index contributed by atoms with van der Waals surface area (Å²) in [5.74, 6) is -0.935. The first-order valence-electron chi connectivity index (χ1n) is 4.95. The van der Waals surface area contributed by atoms with Gasteiger partial charge in [0.25, 0.3) is 0 Å². The molecule has 1 rings (SSSR count). The minimum absolute atomic E-state index is 0.188. The van der Waals surface area contributed by atoms with Crippen LogP contribution in [0.15, 0.2) is 24.3 Å². The van der Waals surface area contributed by atoms with Gasteiger partial charge >= 0.3 is 12.3 Å². The minimum Gasteiger partial charge on any atom is -0.462 e. The van der Waals surface area contributed by atoms with Gasteiger partial charge in [-0.1, -0.05) is 6.92 Å². The Labute approximate surface area is 96.1 Å². The average molecular weight is 248 g/mol. The summed E-state index contributed by atoms with van der Waals surface area (Å²) >= 11 is 0. The molecule has 0 aliphatic heterocycles. The highest BCUT2D eigenvalue weighted by Crippen LogP contribution is 2.22. The van der Waals surface area contributed by atoms with E-state index in [0.29, 0.717) is 6.42 Å². The third-order valence-corrected chi connectivity index (χ3v) is 1.76. The topological polar surface area (TPSA) is 35.5 Å². The van der Waals surface area contributed by atoms with Gasteiger partial charge in [-0.15, -0.1) is 13.2 Å². The molecule has 0 spiro atoms. The first-order chi connectivity index (χ1) is 7.92. The van der Waals surface area contributed by atoms with Gasteiger partial charge in [-0.2, -0.15) is 0 Å². The van der Waals surface area contributed by atoms with E-state index in [-0.39, 0.29) is 17.9 Å². The third-order valence-electron chi connectivity index (χ3n) is 1.76. The molecule has 1 aromatic rings. The molecule has 6 heteroatoms. The summed E-state index contributed by atoms with van der Waals surface area (Å²) in [6.45, 7) is 2.12. The molecule has 17 heavy (non-hydrogen) atoms. The fourth-order valence-electron chi connectivity index (χ4n) is 1.07. The molecule has 0 heterocycles. The second-order valence-corrected chi connectivity index (χ2v) is 3.21. The first-order valence-corrected chi connectivity index (χ1v) is 4.95. The molecular formula is C11H11F3O3. The van der Waals surface area contributed by atoms with Gasteiger partial charge in [-0.3, -0.25) is 0 Å². The van der Waals surface area contributed by atoms with Gasteiger partial charge in [-0.25, -0.2) is 4.79 Å². The predicted molar refractivity (Wildman–Crippen MR) is 53.7 cm³/mol. The number of ether oxygens (including phenoxy) is 2. The predicted octanol–water partition coefficient (Wildman–Crippen LogP) is 3.15. The molecule has 0 amide bonds. The lowest BCUT2D eigenvalue weighted by molar-refractivity contribution is -0.274. The zero-order valence-electron chi connectivity index (χ0n) is 9.08. The van der Waals surface area contributed by atoms with Crippen molar-refractivity contribution in [2.75, 3.05) is 6.61 Å². The lowest BCUT2D eigenvalue weighted by Gasteiger charge is -2.09. The fraction of sp³-hybridized carbons (Fsp3) is 0.364. The summed E-state index contributed by atoms with van der Waals surface area (Å²) in [6.07, 6.45) is -4.05. The maximum atomic E-state index is 11.9. The summed E-state index contributed by atoms with van der Waals surface area (Å²) < 4.78 is 44.0. The highest BCUT2D eigenvalue weighted by molar-refractivity contribution is 5.89. The van der Waals surface area contributed by atoms with Crippen molar-refractivity contribution in [3.05, 3.63) is 29.8 Å². The van der Waals surface area contributed by atoms with Crippen LogP contribution in [0.3, 0.4) is 0 Å². The number of carbonyl (C=O) groups is 1. The molecule has 0 bridgehead atoms. The number of hydrogen-bond donors (Lipinski definition) is 0. The largest absolute Gasteiger partial charge is 0.573 e. The van der Waals surface area contributed by atoms with Crippen molar-refractivity contribution in [2.24, 2.45) is 0 Å². The molecule has 0 unspecified atom stereocenters. The van der Waals surface area contributed by atoms with E-state index in [2.05, 4.69) is 4.74 Å². The average Bonchev–Trinajstić information content (AvgIpc) is 2.24. The number of alkyl halides is 3. The summed E-state index contributed by atoms with van der Waals surface area (Å²) in [5, 5.41) is 0. The van der Waals surface area contributed by atoms with Crippen molar-refractivity contribution in [3.8, 4) is 5.75 Å². The van der Waals surface area contributed by atoms with Crippen LogP contribution in [0.4, 0.5) is 13.2 Å². The normalized spacial score (nSPS) is 11.1. The van der Waals surface area contributed by atoms with Crippen molar-refractivity contribution in [2.45, 2.75) is 19.7 Å². The standard InChI is InChI=1S/C11H11F3O3/c1-2-7-16-10(15)8-3-5-9(6-4-8)17-11(12,13)14/h3-6H,2,7H2,1H3. The van der Waals surface area contributed by atoms with E-state index in [1.54, 1.807) is 0 Å². The van der Waals surface area contributed by atoms with Gasteiger partial charge in [-0.05, 0) is 30.7 Å². The Hall–Kier alpha value is -1.72. The molecule has 3 nitrogen and oxygen atoms in total. The zero-order valence-corrected chi connectivity index (χ0v) is 9.08. The highest BCUT2D eigenvalue weighted by atomic mass is 19.4. The van der Waals surface area contributed by atoms with Crippen LogP contribution >= 0.6 is 0 Å². The number of rotatable bonds is 4. The number of hydrogen-bond acceptors (Lipinski definition) is 3. The van der Waals surface area contributed by atoms with Crippen LogP contribution < -0.4 is 4.74 Å². The summed E-state index contributed by atoms with van der Waals surface area (Å²) in [6, 6.07) is 4.57. The molecule has 0 saturated carbocycles. The van der Waals surface area contributed by atoms with Gasteiger partial charge in [0.15, 0.2) is 0 Å². The molecular weight excluding hydrogens is 237 g/mol. The zero-order chi connectivity index (χ0) is 12.9. The second kappa shape index (κ2) is 5.56. The smallest absolute Gasteiger partial charge is 0.462 e. The SMILES string of the molecule is CCCOC(=O)c1ccc(OC(F)(F)F)cc1. The van der Waals surface area contributed by atoms with Crippen molar-refractivity contribution >= 4 is 5.97 Å². The highest BCUT2D eigenvalue weighted by Gasteiger charge is 2.31. The monoisotopic (exact) mass is 248 g/mol. The maximum absolute atomic E-state index is 11.9. The molecule has 0 aromatic heterocycles. The minimum atomic E-state index is -4.73. The molecule has 0 N–H and O–H groups in total. The molecule has 1 aromatic carbocycles. The van der Waals surface area contributed by atoms with Crippen LogP contribution in [0.2, 0.25) is 0 Å². The Balaban J connectivity index is 2.64. The van der Waals surface area contributed by atoms with Crippen LogP contribution in [0.25, 0.3) is 0 Å². The van der Waals surface area contributed by atoms with Crippen LogP contribution in [-0.4, -0.2) is 18.9 Å². The summed E-state index contributed by atoms with van der Waals surface area (Å²) in [5.41, 5.74) is 0.188. The molecule has 0 aliphatic rings. The lowest BCUT2D eigenvalue weighted by atomic mass is 10.2. The third kappa shape index (κ3) is 4.76. The van der Waals surface area contributed by atoms with Gasteiger partial charge in [0.05, 0.1) is 12.2 Å². The van der Waals surface area contributed by atoms with Gasteiger partial charge in [0, 0.05) is 0 Å². The van der Waals surface area contributed by atoms with Crippen molar-refractivity contribution in [1.29, 1.82) is 0 Å². The fourth-order valence-corrected chi connectivity index (χ4v) is 1.07. The molecule has 0 atom stereocenters. The van der Waals surface area contributed by atoms with Crippen LogP contribution in [0, 0.1) is 0 Å². The van der Waals surface area contributed by atoms with Gasteiger partial charge in [0.1, 0.15) is 5.75 Å². The number of carbonyl (C=O) groups excluding carboxylic acids is 1. The van der Waals surface area contributed by atoms with E-state index in [1.807, 2.05) is 6.92 Å². The number of halogens is 3. The Morgan fingerprint density at radius 2 is 1.82 bits per heavy atom. The molecule has 0 aliphatic carbocycles. The van der Waals surface area contributed by atoms with E-state index >= 15 is 0 Å². The van der Waals surface area contributed by atoms with Crippen LogP contribution in [0.1, 0.15) is 23.7 Å². The molecule has 0 radical (unpaired) electrons. The molecule has 94 valence electrons. The Kier molecular flexibility index (Phi) is 4.37. The summed E-state index contributed by atoms with van der Waals surface area (Å²) in [4.78, 5) is 11.3. The second-order valence-electron chi connectivity index (χ2n) is 3.21. The Morgan fingerprint density at radius 3 is 2.29 bits per heavy atom. The van der Waals surface area contributed by atoms with Gasteiger partial charge in [0.2, 0.25) is 0 Å². The van der Waals surface area contributed by atoms with E-state index in [9.17, 15) is 18.0 Å². The first kappa shape index (κ1) is 13.3. The molecule has 0 saturated heterocycles. The van der Waals surface area contributed by atoms with E-state index in [4.69, 9.17) is 4.74 Å². The van der Waals surface area contributed by atoms with E-state index in [1.165, 1.54) is 12.1 Å². The number of esters is 1. The van der Waals surface area contributed by atoms with Crippen molar-refractivity contribution in [3.63, 3.8) is 0 Å². The van der Waals surface area contributed by atoms with Crippen molar-refractivity contribution < 1.29 is 27.4 Å². The van der Waals surface area contributed by atoms with Crippen LogP contribution in [-0.2, 0) is 4.74 Å². The van der Waals surface area contributed by atoms with Gasteiger partial charge < -0.3 is 9.47 Å². The lowest BCUT2D eigenvalue weighted by Crippen LogP contribution is -2.17. The summed E-state index contributed by atoms with van der Waals surface area (Å²) in [7, 11) is 0. The maximum Gasteiger partial charge on any atom is 0.573 e. The van der Waals surface area contributed by atoms with E-state index < -0.39 is 12.3 Å². The Bertz CT molecular complexity index is 371. The number of benzene rings is 1. The van der Waals surface area contributed by atoms with Crippen LogP contribution in [0.5, 0.6) is 5.75 Å². The quantitative estimate of drug-likeness (QED) is 0.768. The molecule has 0 fully saturated rings. The Morgan fingerprint density at radius 1 is 1.24 bits per heavy atom.